The molecule has 0 amide bonds. The van der Waals surface area contributed by atoms with E-state index in [9.17, 15) is 23.5 Å². The normalized spacial score (nSPS) is 11.4. The summed E-state index contributed by atoms with van der Waals surface area (Å²) in [5.74, 6) is -1.36. The predicted molar refractivity (Wildman–Crippen MR) is 123 cm³/mol. The number of carboxylic acids is 1. The average molecular weight is 452 g/mol. The summed E-state index contributed by atoms with van der Waals surface area (Å²) in [5, 5.41) is 12.6. The summed E-state index contributed by atoms with van der Waals surface area (Å²) in [4.78, 5) is 28.8. The standard InChI is InChI=1S/C24H19FN2O4.CH3F/c1-13-21(28)18-12-15(25)11-17(23(18)31-22(13)20-9-5-6-10-26-20)14(2)27-19-8-4-3-7-16(19)24(29)30;1-2/h3-12,14,27H,1-2H3,(H,29,30);1H3. The smallest absolute Gasteiger partial charge is 0.337 e. The van der Waals surface area contributed by atoms with Gasteiger partial charge in [0.15, 0.2) is 11.2 Å². The number of nitrogens with zero attached hydrogens (tertiary/aromatic N) is 1. The molecule has 8 heteroatoms. The molecule has 33 heavy (non-hydrogen) atoms. The first-order valence-corrected chi connectivity index (χ1v) is 10.0. The number of carboxylic acid groups (broad SMARTS) is 1. The van der Waals surface area contributed by atoms with Crippen LogP contribution in [0.4, 0.5) is 14.5 Å². The largest absolute Gasteiger partial charge is 0.478 e. The van der Waals surface area contributed by atoms with Crippen molar-refractivity contribution in [3.8, 4) is 11.5 Å². The highest BCUT2D eigenvalue weighted by Gasteiger charge is 2.21. The van der Waals surface area contributed by atoms with Gasteiger partial charge in [0.1, 0.15) is 17.1 Å². The Morgan fingerprint density at radius 3 is 2.48 bits per heavy atom. The van der Waals surface area contributed by atoms with Gasteiger partial charge in [-0.1, -0.05) is 18.2 Å². The number of pyridine rings is 1. The Labute approximate surface area is 188 Å². The summed E-state index contributed by atoms with van der Waals surface area (Å²) in [7, 11) is 0.500. The Morgan fingerprint density at radius 2 is 1.82 bits per heavy atom. The predicted octanol–water partition coefficient (Wildman–Crippen LogP) is 5.76. The summed E-state index contributed by atoms with van der Waals surface area (Å²) < 4.78 is 30.0. The third kappa shape index (κ3) is 4.74. The van der Waals surface area contributed by atoms with Crippen LogP contribution in [0.15, 0.2) is 70.0 Å². The van der Waals surface area contributed by atoms with Crippen LogP contribution in [0.2, 0.25) is 0 Å². The number of aromatic nitrogens is 1. The number of hydrogen-bond donors (Lipinski definition) is 2. The van der Waals surface area contributed by atoms with Crippen molar-refractivity contribution in [2.45, 2.75) is 19.9 Å². The molecule has 0 aliphatic carbocycles. The van der Waals surface area contributed by atoms with Crippen molar-refractivity contribution in [2.24, 2.45) is 0 Å². The van der Waals surface area contributed by atoms with Gasteiger partial charge in [0, 0.05) is 23.0 Å². The van der Waals surface area contributed by atoms with Gasteiger partial charge in [0.05, 0.1) is 24.2 Å². The van der Waals surface area contributed by atoms with Crippen molar-refractivity contribution in [2.75, 3.05) is 12.5 Å². The van der Waals surface area contributed by atoms with E-state index in [0.29, 0.717) is 35.4 Å². The number of rotatable bonds is 5. The van der Waals surface area contributed by atoms with Gasteiger partial charge >= 0.3 is 5.97 Å². The van der Waals surface area contributed by atoms with Gasteiger partial charge in [-0.25, -0.2) is 9.18 Å². The van der Waals surface area contributed by atoms with E-state index in [1.807, 2.05) is 0 Å². The molecule has 0 bridgehead atoms. The molecule has 0 aliphatic rings. The molecule has 2 heterocycles. The van der Waals surface area contributed by atoms with E-state index in [4.69, 9.17) is 4.42 Å². The second-order valence-corrected chi connectivity index (χ2v) is 7.19. The Kier molecular flexibility index (Phi) is 7.17. The summed E-state index contributed by atoms with van der Waals surface area (Å²) in [6.07, 6.45) is 1.59. The molecule has 1 unspecified atom stereocenters. The third-order valence-corrected chi connectivity index (χ3v) is 5.11. The molecule has 2 aromatic heterocycles. The Hall–Kier alpha value is -4.07. The lowest BCUT2D eigenvalue weighted by molar-refractivity contribution is 0.0698. The molecule has 1 atom stereocenters. The molecule has 4 aromatic rings. The van der Waals surface area contributed by atoms with Gasteiger partial charge in [-0.15, -0.1) is 0 Å². The highest BCUT2D eigenvalue weighted by Crippen LogP contribution is 2.31. The average Bonchev–Trinajstić information content (AvgIpc) is 2.83. The van der Waals surface area contributed by atoms with Crippen LogP contribution in [-0.2, 0) is 0 Å². The van der Waals surface area contributed by atoms with Crippen molar-refractivity contribution in [3.05, 3.63) is 93.5 Å². The molecule has 0 saturated heterocycles. The number of benzene rings is 2. The molecule has 0 fully saturated rings. The first-order chi connectivity index (χ1) is 15.9. The fraction of sp³-hybridized carbons (Fsp3) is 0.160. The first-order valence-electron chi connectivity index (χ1n) is 10.0. The molecule has 6 nitrogen and oxygen atoms in total. The van der Waals surface area contributed by atoms with Crippen LogP contribution >= 0.6 is 0 Å². The van der Waals surface area contributed by atoms with Gasteiger partial charge in [-0.3, -0.25) is 14.2 Å². The molecule has 2 N–H and O–H groups in total. The van der Waals surface area contributed by atoms with E-state index < -0.39 is 17.8 Å². The molecule has 0 aliphatic heterocycles. The maximum atomic E-state index is 14.4. The Morgan fingerprint density at radius 1 is 1.12 bits per heavy atom. The van der Waals surface area contributed by atoms with Crippen molar-refractivity contribution in [3.63, 3.8) is 0 Å². The fourth-order valence-corrected chi connectivity index (χ4v) is 3.55. The van der Waals surface area contributed by atoms with E-state index in [0.717, 1.165) is 6.07 Å². The lowest BCUT2D eigenvalue weighted by Gasteiger charge is -2.19. The lowest BCUT2D eigenvalue weighted by Crippen LogP contribution is -2.14. The zero-order valence-corrected chi connectivity index (χ0v) is 18.2. The van der Waals surface area contributed by atoms with Gasteiger partial charge < -0.3 is 14.8 Å². The molecular weight excluding hydrogens is 430 g/mol. The molecule has 0 radical (unpaired) electrons. The quantitative estimate of drug-likeness (QED) is 0.400. The second kappa shape index (κ2) is 10.0. The molecule has 4 rings (SSSR count). The maximum Gasteiger partial charge on any atom is 0.337 e. The van der Waals surface area contributed by atoms with E-state index in [-0.39, 0.29) is 22.0 Å². The number of halogens is 2. The van der Waals surface area contributed by atoms with Gasteiger partial charge in [0.25, 0.3) is 0 Å². The number of hydrogen-bond acceptors (Lipinski definition) is 5. The highest BCUT2D eigenvalue weighted by molar-refractivity contribution is 5.94. The first kappa shape index (κ1) is 23.6. The molecule has 170 valence electrons. The molecule has 0 saturated carbocycles. The number of anilines is 1. The van der Waals surface area contributed by atoms with Crippen molar-refractivity contribution in [1.82, 2.24) is 4.98 Å². The summed E-state index contributed by atoms with van der Waals surface area (Å²) in [6.45, 7) is 3.36. The minimum absolute atomic E-state index is 0.0848. The number of nitrogens with one attached hydrogen (secondary N) is 1. The monoisotopic (exact) mass is 452 g/mol. The topological polar surface area (TPSA) is 92.4 Å². The van der Waals surface area contributed by atoms with Crippen LogP contribution < -0.4 is 10.7 Å². The minimum atomic E-state index is -1.08. The van der Waals surface area contributed by atoms with Crippen LogP contribution in [-0.4, -0.2) is 23.2 Å². The van der Waals surface area contributed by atoms with Crippen molar-refractivity contribution in [1.29, 1.82) is 0 Å². The van der Waals surface area contributed by atoms with Gasteiger partial charge in [0.2, 0.25) is 0 Å². The van der Waals surface area contributed by atoms with E-state index in [2.05, 4.69) is 10.3 Å². The zero-order valence-electron chi connectivity index (χ0n) is 18.2. The maximum absolute atomic E-state index is 14.4. The fourth-order valence-electron chi connectivity index (χ4n) is 3.55. The molecular formula is C25H22F2N2O4. The SMILES string of the molecule is CF.Cc1c(-c2ccccn2)oc2c(C(C)Nc3ccccc3C(=O)O)cc(F)cc2c1=O. The van der Waals surface area contributed by atoms with Crippen LogP contribution in [0.3, 0.4) is 0 Å². The minimum Gasteiger partial charge on any atom is -0.478 e. The molecule has 0 spiro atoms. The van der Waals surface area contributed by atoms with E-state index >= 15 is 0 Å². The van der Waals surface area contributed by atoms with Crippen LogP contribution in [0.25, 0.3) is 22.4 Å². The molecule has 2 aromatic carbocycles. The Bertz CT molecular complexity index is 1350. The van der Waals surface area contributed by atoms with Crippen molar-refractivity contribution < 1.29 is 23.1 Å². The summed E-state index contributed by atoms with van der Waals surface area (Å²) in [6, 6.07) is 13.6. The number of aromatic carboxylic acids is 1. The number of carbonyl (C=O) groups is 1. The second-order valence-electron chi connectivity index (χ2n) is 7.19. The van der Waals surface area contributed by atoms with Crippen LogP contribution in [0.5, 0.6) is 0 Å². The van der Waals surface area contributed by atoms with Gasteiger partial charge in [-0.05, 0) is 50.2 Å². The van der Waals surface area contributed by atoms with Gasteiger partial charge in [-0.2, -0.15) is 0 Å². The summed E-state index contributed by atoms with van der Waals surface area (Å²) >= 11 is 0. The number of fused-ring (bicyclic) bond motifs is 1. The Balaban J connectivity index is 0.00000149. The van der Waals surface area contributed by atoms with Crippen LogP contribution in [0.1, 0.15) is 34.5 Å². The van der Waals surface area contributed by atoms with Crippen LogP contribution in [0, 0.1) is 12.7 Å². The number of para-hydroxylation sites is 1. The van der Waals surface area contributed by atoms with E-state index in [1.165, 1.54) is 12.1 Å². The zero-order chi connectivity index (χ0) is 24.1. The number of alkyl halides is 1. The van der Waals surface area contributed by atoms with E-state index in [1.54, 1.807) is 56.4 Å². The van der Waals surface area contributed by atoms with Crippen molar-refractivity contribution >= 4 is 22.6 Å². The summed E-state index contributed by atoms with van der Waals surface area (Å²) in [5.41, 5.74) is 1.56. The lowest BCUT2D eigenvalue weighted by atomic mass is 10.0. The highest BCUT2D eigenvalue weighted by atomic mass is 19.1. The third-order valence-electron chi connectivity index (χ3n) is 5.11.